The topological polar surface area (TPSA) is 78.4 Å². The summed E-state index contributed by atoms with van der Waals surface area (Å²) in [5, 5.41) is 14.6. The van der Waals surface area contributed by atoms with E-state index in [1.807, 2.05) is 6.92 Å². The Kier molecular flexibility index (Phi) is 5.97. The van der Waals surface area contributed by atoms with Crippen molar-refractivity contribution < 1.29 is 14.7 Å². The summed E-state index contributed by atoms with van der Waals surface area (Å²) in [5.41, 5.74) is 0. The first-order valence-corrected chi connectivity index (χ1v) is 6.39. The van der Waals surface area contributed by atoms with Crippen molar-refractivity contribution in [1.29, 1.82) is 0 Å². The molecular weight excluding hydrogens is 220 g/mol. The zero-order valence-electron chi connectivity index (χ0n) is 10.4. The van der Waals surface area contributed by atoms with Gasteiger partial charge in [0.15, 0.2) is 0 Å². The van der Waals surface area contributed by atoms with Gasteiger partial charge >= 0.3 is 5.97 Å². The van der Waals surface area contributed by atoms with Gasteiger partial charge in [0.1, 0.15) is 6.04 Å². The van der Waals surface area contributed by atoms with Crippen molar-refractivity contribution in [2.24, 2.45) is 0 Å². The van der Waals surface area contributed by atoms with E-state index in [9.17, 15) is 9.59 Å². The highest BCUT2D eigenvalue weighted by Gasteiger charge is 2.20. The number of amides is 1. The Balaban J connectivity index is 2.23. The Bertz CT molecular complexity index is 262. The van der Waals surface area contributed by atoms with Gasteiger partial charge in [-0.1, -0.05) is 26.2 Å². The quantitative estimate of drug-likeness (QED) is 0.619. The molecule has 17 heavy (non-hydrogen) atoms. The molecule has 1 amide bonds. The first kappa shape index (κ1) is 14.0. The Morgan fingerprint density at radius 3 is 2.53 bits per heavy atom. The van der Waals surface area contributed by atoms with E-state index in [0.717, 1.165) is 19.3 Å². The number of carboxylic acids is 1. The number of nitrogens with one attached hydrogen (secondary N) is 2. The number of hydrogen-bond donors (Lipinski definition) is 3. The molecule has 0 aliphatic heterocycles. The average Bonchev–Trinajstić information content (AvgIpc) is 2.78. The van der Waals surface area contributed by atoms with Crippen LogP contribution in [0.4, 0.5) is 0 Å². The van der Waals surface area contributed by atoms with Gasteiger partial charge in [0.25, 0.3) is 0 Å². The molecule has 0 heterocycles. The molecular formula is C12H22N2O3. The lowest BCUT2D eigenvalue weighted by atomic mass is 10.1. The molecule has 0 saturated heterocycles. The van der Waals surface area contributed by atoms with Crippen LogP contribution in [-0.4, -0.2) is 35.6 Å². The van der Waals surface area contributed by atoms with Crippen LogP contribution in [-0.2, 0) is 9.59 Å². The monoisotopic (exact) mass is 242 g/mol. The van der Waals surface area contributed by atoms with Crippen LogP contribution in [0.15, 0.2) is 0 Å². The number of carbonyl (C=O) groups excluding carboxylic acids is 1. The third-order valence-electron chi connectivity index (χ3n) is 3.12. The van der Waals surface area contributed by atoms with Crippen molar-refractivity contribution in [2.75, 3.05) is 6.54 Å². The second kappa shape index (κ2) is 7.27. The van der Waals surface area contributed by atoms with Crippen LogP contribution < -0.4 is 10.6 Å². The third-order valence-corrected chi connectivity index (χ3v) is 3.12. The number of carboxylic acid groups (broad SMARTS) is 1. The molecule has 1 rings (SSSR count). The second-order valence-corrected chi connectivity index (χ2v) is 4.61. The standard InChI is InChI=1S/C12H22N2O3/c1-2-5-10(12(16)17)14-11(15)8-13-9-6-3-4-7-9/h9-10,13H,2-8H2,1H3,(H,14,15)(H,16,17). The largest absolute Gasteiger partial charge is 0.480 e. The molecule has 0 spiro atoms. The van der Waals surface area contributed by atoms with Crippen molar-refractivity contribution in [3.8, 4) is 0 Å². The highest BCUT2D eigenvalue weighted by atomic mass is 16.4. The SMILES string of the molecule is CCCC(NC(=O)CNC1CCCC1)C(=O)O. The van der Waals surface area contributed by atoms with Gasteiger partial charge in [-0.05, 0) is 19.3 Å². The van der Waals surface area contributed by atoms with E-state index in [2.05, 4.69) is 10.6 Å². The van der Waals surface area contributed by atoms with E-state index >= 15 is 0 Å². The zero-order chi connectivity index (χ0) is 12.7. The van der Waals surface area contributed by atoms with Crippen LogP contribution in [0.2, 0.25) is 0 Å². The smallest absolute Gasteiger partial charge is 0.326 e. The molecule has 5 heteroatoms. The first-order valence-electron chi connectivity index (χ1n) is 6.39. The minimum absolute atomic E-state index is 0.220. The average molecular weight is 242 g/mol. The highest BCUT2D eigenvalue weighted by Crippen LogP contribution is 2.17. The molecule has 3 N–H and O–H groups in total. The van der Waals surface area contributed by atoms with Crippen molar-refractivity contribution in [3.63, 3.8) is 0 Å². The van der Waals surface area contributed by atoms with Crippen molar-refractivity contribution in [1.82, 2.24) is 10.6 Å². The summed E-state index contributed by atoms with van der Waals surface area (Å²) < 4.78 is 0. The van der Waals surface area contributed by atoms with Gasteiger partial charge in [0.05, 0.1) is 6.54 Å². The fraction of sp³-hybridized carbons (Fsp3) is 0.833. The molecule has 0 radical (unpaired) electrons. The summed E-state index contributed by atoms with van der Waals surface area (Å²) in [5.74, 6) is -1.18. The van der Waals surface area contributed by atoms with E-state index < -0.39 is 12.0 Å². The van der Waals surface area contributed by atoms with E-state index in [4.69, 9.17) is 5.11 Å². The molecule has 0 aromatic heterocycles. The maximum atomic E-state index is 11.6. The van der Waals surface area contributed by atoms with Crippen LogP contribution in [0.1, 0.15) is 45.4 Å². The van der Waals surface area contributed by atoms with Crippen LogP contribution in [0.5, 0.6) is 0 Å². The molecule has 1 fully saturated rings. The molecule has 5 nitrogen and oxygen atoms in total. The van der Waals surface area contributed by atoms with E-state index in [-0.39, 0.29) is 12.5 Å². The van der Waals surface area contributed by atoms with E-state index in [1.165, 1.54) is 12.8 Å². The normalized spacial score (nSPS) is 17.9. The predicted octanol–water partition coefficient (Wildman–Crippen LogP) is 0.888. The fourth-order valence-electron chi connectivity index (χ4n) is 2.16. The summed E-state index contributed by atoms with van der Waals surface area (Å²) in [4.78, 5) is 22.4. The lowest BCUT2D eigenvalue weighted by Gasteiger charge is -2.15. The summed E-state index contributed by atoms with van der Waals surface area (Å²) >= 11 is 0. The van der Waals surface area contributed by atoms with Gasteiger partial charge in [-0.2, -0.15) is 0 Å². The van der Waals surface area contributed by atoms with Crippen LogP contribution in [0.3, 0.4) is 0 Å². The maximum absolute atomic E-state index is 11.6. The molecule has 0 aromatic carbocycles. The minimum Gasteiger partial charge on any atom is -0.480 e. The predicted molar refractivity (Wildman–Crippen MR) is 64.7 cm³/mol. The molecule has 0 bridgehead atoms. The summed E-state index contributed by atoms with van der Waals surface area (Å²) in [6.45, 7) is 2.12. The number of rotatable bonds is 7. The van der Waals surface area contributed by atoms with Gasteiger partial charge in [-0.25, -0.2) is 4.79 Å². The number of hydrogen-bond acceptors (Lipinski definition) is 3. The first-order chi connectivity index (χ1) is 8.13. The lowest BCUT2D eigenvalue weighted by Crippen LogP contribution is -2.45. The van der Waals surface area contributed by atoms with Gasteiger partial charge < -0.3 is 15.7 Å². The van der Waals surface area contributed by atoms with Crippen LogP contribution in [0.25, 0.3) is 0 Å². The van der Waals surface area contributed by atoms with Crippen molar-refractivity contribution >= 4 is 11.9 Å². The van der Waals surface area contributed by atoms with Crippen LogP contribution >= 0.6 is 0 Å². The lowest BCUT2D eigenvalue weighted by molar-refractivity contribution is -0.141. The summed E-state index contributed by atoms with van der Waals surface area (Å²) in [7, 11) is 0. The van der Waals surface area contributed by atoms with Gasteiger partial charge in [0.2, 0.25) is 5.91 Å². The molecule has 1 aliphatic carbocycles. The maximum Gasteiger partial charge on any atom is 0.326 e. The Labute approximate surface area is 102 Å². The zero-order valence-corrected chi connectivity index (χ0v) is 10.4. The highest BCUT2D eigenvalue weighted by molar-refractivity contribution is 5.84. The second-order valence-electron chi connectivity index (χ2n) is 4.61. The van der Waals surface area contributed by atoms with Gasteiger partial charge in [-0.15, -0.1) is 0 Å². The Hall–Kier alpha value is -1.10. The Morgan fingerprint density at radius 2 is 2.00 bits per heavy atom. The molecule has 1 unspecified atom stereocenters. The molecule has 1 saturated carbocycles. The minimum atomic E-state index is -0.957. The van der Waals surface area contributed by atoms with Gasteiger partial charge in [-0.3, -0.25) is 4.79 Å². The fourth-order valence-corrected chi connectivity index (χ4v) is 2.16. The van der Waals surface area contributed by atoms with Gasteiger partial charge in [0, 0.05) is 6.04 Å². The molecule has 1 aliphatic rings. The molecule has 98 valence electrons. The van der Waals surface area contributed by atoms with E-state index in [0.29, 0.717) is 12.5 Å². The Morgan fingerprint density at radius 1 is 1.35 bits per heavy atom. The molecule has 0 aromatic rings. The van der Waals surface area contributed by atoms with Crippen LogP contribution in [0, 0.1) is 0 Å². The van der Waals surface area contributed by atoms with Crippen molar-refractivity contribution in [3.05, 3.63) is 0 Å². The third kappa shape index (κ3) is 5.17. The van der Waals surface area contributed by atoms with Crippen molar-refractivity contribution in [2.45, 2.75) is 57.5 Å². The summed E-state index contributed by atoms with van der Waals surface area (Å²) in [6.07, 6.45) is 5.88. The van der Waals surface area contributed by atoms with E-state index in [1.54, 1.807) is 0 Å². The molecule has 1 atom stereocenters. The summed E-state index contributed by atoms with van der Waals surface area (Å²) in [6, 6.07) is -0.326. The number of carbonyl (C=O) groups is 2. The number of aliphatic carboxylic acids is 1.